The molecule has 3 rings (SSSR count). The summed E-state index contributed by atoms with van der Waals surface area (Å²) in [7, 11) is 1.61. The number of nitrogens with one attached hydrogen (secondary N) is 1. The maximum Gasteiger partial charge on any atom is 0.165 e. The van der Waals surface area contributed by atoms with Crippen molar-refractivity contribution in [2.24, 2.45) is 0 Å². The maximum atomic E-state index is 5.61. The molecular formula is C12H13N3O3. The van der Waals surface area contributed by atoms with E-state index in [1.807, 2.05) is 6.07 Å². The van der Waals surface area contributed by atoms with E-state index in [9.17, 15) is 0 Å². The highest BCUT2D eigenvalue weighted by molar-refractivity contribution is 5.73. The van der Waals surface area contributed by atoms with Gasteiger partial charge in [-0.3, -0.25) is 5.10 Å². The number of hydrogen-bond acceptors (Lipinski definition) is 5. The molecule has 1 aromatic carbocycles. The van der Waals surface area contributed by atoms with E-state index in [-0.39, 0.29) is 0 Å². The van der Waals surface area contributed by atoms with Crippen molar-refractivity contribution < 1.29 is 14.2 Å². The second-order valence-corrected chi connectivity index (χ2v) is 3.90. The second-order valence-electron chi connectivity index (χ2n) is 3.90. The van der Waals surface area contributed by atoms with Crippen LogP contribution in [0.25, 0.3) is 11.3 Å². The Bertz CT molecular complexity index is 580. The summed E-state index contributed by atoms with van der Waals surface area (Å²) in [4.78, 5) is 0. The minimum atomic E-state index is 0.432. The van der Waals surface area contributed by atoms with Gasteiger partial charge in [0.2, 0.25) is 0 Å². The number of ether oxygens (including phenoxy) is 3. The molecule has 0 aliphatic carbocycles. The number of anilines is 1. The van der Waals surface area contributed by atoms with Crippen LogP contribution in [-0.4, -0.2) is 30.5 Å². The Hall–Kier alpha value is -2.37. The van der Waals surface area contributed by atoms with Gasteiger partial charge in [0.15, 0.2) is 11.5 Å². The van der Waals surface area contributed by atoms with Crippen LogP contribution in [0.4, 0.5) is 5.82 Å². The zero-order chi connectivity index (χ0) is 12.5. The van der Waals surface area contributed by atoms with Crippen molar-refractivity contribution in [2.45, 2.75) is 0 Å². The molecule has 0 saturated heterocycles. The van der Waals surface area contributed by atoms with Gasteiger partial charge in [0.25, 0.3) is 0 Å². The Morgan fingerprint density at radius 2 is 1.94 bits per heavy atom. The summed E-state index contributed by atoms with van der Waals surface area (Å²) in [5.41, 5.74) is 7.22. The average Bonchev–Trinajstić information content (AvgIpc) is 2.83. The van der Waals surface area contributed by atoms with Crippen LogP contribution in [0.3, 0.4) is 0 Å². The zero-order valence-corrected chi connectivity index (χ0v) is 9.90. The third-order valence-electron chi connectivity index (χ3n) is 2.75. The molecule has 0 unspecified atom stereocenters. The summed E-state index contributed by atoms with van der Waals surface area (Å²) < 4.78 is 16.4. The number of nitrogen functional groups attached to an aromatic ring is 1. The Labute approximate surface area is 104 Å². The largest absolute Gasteiger partial charge is 0.496 e. The van der Waals surface area contributed by atoms with Crippen molar-refractivity contribution >= 4 is 5.82 Å². The highest BCUT2D eigenvalue weighted by Crippen LogP contribution is 2.41. The standard InChI is InChI=1S/C12H13N3O3/c1-16-9-6-11-10(17-2-3-18-11)4-7(9)8-5-12(13)15-14-8/h4-6H,2-3H2,1H3,(H3,13,14,15). The fourth-order valence-electron chi connectivity index (χ4n) is 1.92. The van der Waals surface area contributed by atoms with Gasteiger partial charge in [-0.1, -0.05) is 0 Å². The molecule has 1 aliphatic rings. The fraction of sp³-hybridized carbons (Fsp3) is 0.250. The van der Waals surface area contributed by atoms with Crippen LogP contribution in [0.5, 0.6) is 17.2 Å². The summed E-state index contributed by atoms with van der Waals surface area (Å²) >= 11 is 0. The van der Waals surface area contributed by atoms with Crippen molar-refractivity contribution in [1.29, 1.82) is 0 Å². The number of rotatable bonds is 2. The van der Waals surface area contributed by atoms with Gasteiger partial charge in [0.1, 0.15) is 24.8 Å². The number of hydrogen-bond donors (Lipinski definition) is 2. The first-order valence-corrected chi connectivity index (χ1v) is 5.57. The number of H-pyrrole nitrogens is 1. The molecule has 0 radical (unpaired) electrons. The minimum Gasteiger partial charge on any atom is -0.496 e. The molecule has 0 atom stereocenters. The first-order chi connectivity index (χ1) is 8.78. The molecule has 1 aromatic heterocycles. The zero-order valence-electron chi connectivity index (χ0n) is 9.90. The van der Waals surface area contributed by atoms with Gasteiger partial charge < -0.3 is 19.9 Å². The van der Waals surface area contributed by atoms with Crippen molar-refractivity contribution in [2.75, 3.05) is 26.1 Å². The Kier molecular flexibility index (Phi) is 2.47. The molecule has 2 aromatic rings. The number of aromatic amines is 1. The number of aromatic nitrogens is 2. The van der Waals surface area contributed by atoms with E-state index >= 15 is 0 Å². The molecule has 6 nitrogen and oxygen atoms in total. The number of methoxy groups -OCH3 is 1. The third-order valence-corrected chi connectivity index (χ3v) is 2.75. The van der Waals surface area contributed by atoms with Crippen molar-refractivity contribution in [3.05, 3.63) is 18.2 Å². The van der Waals surface area contributed by atoms with E-state index in [4.69, 9.17) is 19.9 Å². The predicted molar refractivity (Wildman–Crippen MR) is 66.0 cm³/mol. The summed E-state index contributed by atoms with van der Waals surface area (Å²) in [6.45, 7) is 1.09. The minimum absolute atomic E-state index is 0.432. The summed E-state index contributed by atoms with van der Waals surface area (Å²) in [5.74, 6) is 2.50. The first-order valence-electron chi connectivity index (χ1n) is 5.57. The SMILES string of the molecule is COc1cc2c(cc1-c1cc(N)n[nH]1)OCCO2. The van der Waals surface area contributed by atoms with Gasteiger partial charge >= 0.3 is 0 Å². The molecule has 0 bridgehead atoms. The van der Waals surface area contributed by atoms with Gasteiger partial charge in [-0.25, -0.2) is 0 Å². The number of benzene rings is 1. The second kappa shape index (κ2) is 4.14. The number of fused-ring (bicyclic) bond motifs is 1. The van der Waals surface area contributed by atoms with Crippen LogP contribution in [0.15, 0.2) is 18.2 Å². The van der Waals surface area contributed by atoms with Crippen molar-refractivity contribution in [1.82, 2.24) is 10.2 Å². The van der Waals surface area contributed by atoms with E-state index in [1.54, 1.807) is 19.2 Å². The Morgan fingerprint density at radius 3 is 2.56 bits per heavy atom. The highest BCUT2D eigenvalue weighted by Gasteiger charge is 2.18. The smallest absolute Gasteiger partial charge is 0.165 e. The van der Waals surface area contributed by atoms with E-state index < -0.39 is 0 Å². The lowest BCUT2D eigenvalue weighted by molar-refractivity contribution is 0.171. The third kappa shape index (κ3) is 1.71. The van der Waals surface area contributed by atoms with Crippen LogP contribution in [0.1, 0.15) is 0 Å². The van der Waals surface area contributed by atoms with Crippen LogP contribution >= 0.6 is 0 Å². The van der Waals surface area contributed by atoms with Gasteiger partial charge in [0, 0.05) is 17.7 Å². The number of nitrogens with zero attached hydrogens (tertiary/aromatic N) is 1. The van der Waals surface area contributed by atoms with Crippen molar-refractivity contribution in [3.8, 4) is 28.5 Å². The predicted octanol–water partition coefficient (Wildman–Crippen LogP) is 1.44. The molecule has 1 aliphatic heterocycles. The lowest BCUT2D eigenvalue weighted by Gasteiger charge is -2.20. The van der Waals surface area contributed by atoms with Crippen LogP contribution in [0.2, 0.25) is 0 Å². The Morgan fingerprint density at radius 1 is 1.22 bits per heavy atom. The number of nitrogens with two attached hydrogens (primary N) is 1. The van der Waals surface area contributed by atoms with Crippen LogP contribution in [0, 0.1) is 0 Å². The molecule has 2 heterocycles. The van der Waals surface area contributed by atoms with Gasteiger partial charge in [0.05, 0.1) is 12.8 Å². The maximum absolute atomic E-state index is 5.61. The quantitative estimate of drug-likeness (QED) is 0.839. The normalized spacial score (nSPS) is 13.4. The lowest BCUT2D eigenvalue weighted by atomic mass is 10.1. The average molecular weight is 247 g/mol. The summed E-state index contributed by atoms with van der Waals surface area (Å²) in [6, 6.07) is 5.41. The lowest BCUT2D eigenvalue weighted by Crippen LogP contribution is -2.15. The molecule has 0 spiro atoms. The van der Waals surface area contributed by atoms with E-state index in [0.717, 1.165) is 11.3 Å². The van der Waals surface area contributed by atoms with Crippen LogP contribution in [-0.2, 0) is 0 Å². The van der Waals surface area contributed by atoms with E-state index in [2.05, 4.69) is 10.2 Å². The summed E-state index contributed by atoms with van der Waals surface area (Å²) in [6.07, 6.45) is 0. The highest BCUT2D eigenvalue weighted by atomic mass is 16.6. The fourth-order valence-corrected chi connectivity index (χ4v) is 1.92. The molecule has 0 saturated carbocycles. The molecular weight excluding hydrogens is 234 g/mol. The van der Waals surface area contributed by atoms with Crippen molar-refractivity contribution in [3.63, 3.8) is 0 Å². The molecule has 3 N–H and O–H groups in total. The molecule has 18 heavy (non-hydrogen) atoms. The van der Waals surface area contributed by atoms with Crippen LogP contribution < -0.4 is 19.9 Å². The summed E-state index contributed by atoms with van der Waals surface area (Å²) in [5, 5.41) is 6.76. The monoisotopic (exact) mass is 247 g/mol. The Balaban J connectivity index is 2.12. The molecule has 0 fully saturated rings. The topological polar surface area (TPSA) is 82.4 Å². The first kappa shape index (κ1) is 10.8. The van der Waals surface area contributed by atoms with E-state index in [1.165, 1.54) is 0 Å². The molecule has 6 heteroatoms. The van der Waals surface area contributed by atoms with Gasteiger partial charge in [-0.05, 0) is 6.07 Å². The molecule has 94 valence electrons. The van der Waals surface area contributed by atoms with E-state index in [0.29, 0.717) is 36.3 Å². The van der Waals surface area contributed by atoms with Gasteiger partial charge in [-0.15, -0.1) is 0 Å². The van der Waals surface area contributed by atoms with Gasteiger partial charge in [-0.2, -0.15) is 5.10 Å². The molecule has 0 amide bonds.